The third-order valence-corrected chi connectivity index (χ3v) is 3.53. The molecule has 0 aliphatic heterocycles. The van der Waals surface area contributed by atoms with Gasteiger partial charge >= 0.3 is 5.69 Å². The second-order valence-corrected chi connectivity index (χ2v) is 4.82. The van der Waals surface area contributed by atoms with Gasteiger partial charge in [-0.3, -0.25) is 0 Å². The van der Waals surface area contributed by atoms with Gasteiger partial charge in [0.1, 0.15) is 11.4 Å². The molecule has 0 amide bonds. The molecule has 2 aromatic heterocycles. The summed E-state index contributed by atoms with van der Waals surface area (Å²) in [6, 6.07) is 12.6. The van der Waals surface area contributed by atoms with E-state index in [1.54, 1.807) is 26.0 Å². The predicted molar refractivity (Wildman–Crippen MR) is 77.6 cm³/mol. The summed E-state index contributed by atoms with van der Waals surface area (Å²) in [6.07, 6.45) is 1.50. The number of aromatic nitrogens is 2. The van der Waals surface area contributed by atoms with E-state index in [1.165, 1.54) is 6.26 Å². The lowest BCUT2D eigenvalue weighted by molar-refractivity contribution is -0.472. The molecule has 1 N–H and O–H groups in total. The van der Waals surface area contributed by atoms with Gasteiger partial charge in [0.15, 0.2) is 0 Å². The first-order valence-electron chi connectivity index (χ1n) is 6.58. The monoisotopic (exact) mass is 283 g/mol. The SMILES string of the molecule is Cc1c(-c2ccccc2)[n+](=O)c(-c2ccco2)c(C)n1O. The molecule has 0 saturated carbocycles. The van der Waals surface area contributed by atoms with Crippen LogP contribution in [-0.4, -0.2) is 9.94 Å². The molecule has 0 atom stereocenters. The van der Waals surface area contributed by atoms with Crippen molar-refractivity contribution in [3.63, 3.8) is 0 Å². The molecule has 5 heteroatoms. The molecular formula is C16H15N2O3+. The second kappa shape index (κ2) is 4.94. The summed E-state index contributed by atoms with van der Waals surface area (Å²) in [5.74, 6) is 0.419. The van der Waals surface area contributed by atoms with Gasteiger partial charge in [-0.05, 0) is 38.1 Å². The Labute approximate surface area is 121 Å². The largest absolute Gasteiger partial charge is 0.458 e. The average molecular weight is 283 g/mol. The normalized spacial score (nSPS) is 10.8. The van der Waals surface area contributed by atoms with Crippen LogP contribution in [0.2, 0.25) is 0 Å². The lowest BCUT2D eigenvalue weighted by Gasteiger charge is -2.08. The fourth-order valence-corrected chi connectivity index (χ4v) is 2.47. The van der Waals surface area contributed by atoms with Crippen LogP contribution in [0.25, 0.3) is 22.7 Å². The zero-order chi connectivity index (χ0) is 15.0. The van der Waals surface area contributed by atoms with Gasteiger partial charge in [-0.25, -0.2) is 0 Å². The molecule has 0 unspecified atom stereocenters. The van der Waals surface area contributed by atoms with Crippen LogP contribution in [0.4, 0.5) is 0 Å². The number of benzene rings is 1. The molecule has 106 valence electrons. The van der Waals surface area contributed by atoms with Crippen molar-refractivity contribution in [1.29, 1.82) is 0 Å². The molecule has 0 aliphatic rings. The Balaban J connectivity index is 2.40. The van der Waals surface area contributed by atoms with Gasteiger partial charge in [0.05, 0.1) is 16.3 Å². The van der Waals surface area contributed by atoms with Crippen molar-refractivity contribution in [3.8, 4) is 22.7 Å². The molecule has 0 bridgehead atoms. The molecule has 3 rings (SSSR count). The molecule has 0 spiro atoms. The Morgan fingerprint density at radius 2 is 1.67 bits per heavy atom. The number of furan rings is 1. The summed E-state index contributed by atoms with van der Waals surface area (Å²) in [6.45, 7) is 3.38. The maximum absolute atomic E-state index is 12.8. The first-order valence-corrected chi connectivity index (χ1v) is 6.58. The van der Waals surface area contributed by atoms with E-state index < -0.39 is 0 Å². The molecule has 0 aliphatic carbocycles. The quantitative estimate of drug-likeness (QED) is 0.580. The Morgan fingerprint density at radius 1 is 1.00 bits per heavy atom. The summed E-state index contributed by atoms with van der Waals surface area (Å²) >= 11 is 0. The van der Waals surface area contributed by atoms with Gasteiger partial charge in [0.25, 0.3) is 5.69 Å². The van der Waals surface area contributed by atoms with E-state index in [1.807, 2.05) is 30.3 Å². The summed E-state index contributed by atoms with van der Waals surface area (Å²) < 4.78 is 7.16. The van der Waals surface area contributed by atoms with Gasteiger partial charge in [0.2, 0.25) is 5.76 Å². The van der Waals surface area contributed by atoms with E-state index in [0.29, 0.717) is 28.5 Å². The van der Waals surface area contributed by atoms with Crippen LogP contribution in [0, 0.1) is 18.8 Å². The maximum atomic E-state index is 12.8. The zero-order valence-electron chi connectivity index (χ0n) is 11.8. The van der Waals surface area contributed by atoms with Crippen molar-refractivity contribution in [2.45, 2.75) is 13.8 Å². The molecule has 0 fully saturated rings. The van der Waals surface area contributed by atoms with Gasteiger partial charge in [-0.2, -0.15) is 4.73 Å². The molecule has 2 heterocycles. The fourth-order valence-electron chi connectivity index (χ4n) is 2.47. The smallest absolute Gasteiger partial charge is 0.328 e. The van der Waals surface area contributed by atoms with Crippen molar-refractivity contribution in [3.05, 3.63) is 65.0 Å². The molecular weight excluding hydrogens is 268 g/mol. The highest BCUT2D eigenvalue weighted by Gasteiger charge is 2.29. The summed E-state index contributed by atoms with van der Waals surface area (Å²) in [7, 11) is 0. The van der Waals surface area contributed by atoms with Crippen molar-refractivity contribution < 1.29 is 14.1 Å². The highest BCUT2D eigenvalue weighted by molar-refractivity contribution is 5.61. The summed E-state index contributed by atoms with van der Waals surface area (Å²) in [4.78, 5) is 12.8. The number of rotatable bonds is 2. The summed E-state index contributed by atoms with van der Waals surface area (Å²) in [5.41, 5.74) is 2.34. The Kier molecular flexibility index (Phi) is 3.10. The lowest BCUT2D eigenvalue weighted by atomic mass is 10.1. The minimum Gasteiger partial charge on any atom is -0.458 e. The standard InChI is InChI=1S/C16H15N2O3/c1-11-15(13-7-4-3-5-8-13)18(20)16(12(2)17(11)19)14-9-6-10-21-14/h3-10,19H,1-2H3/q+1. The first kappa shape index (κ1) is 13.2. The summed E-state index contributed by atoms with van der Waals surface area (Å²) in [5, 5.41) is 10.3. The molecule has 0 radical (unpaired) electrons. The first-order chi connectivity index (χ1) is 10.1. The van der Waals surface area contributed by atoms with Gasteiger partial charge < -0.3 is 9.62 Å². The minimum atomic E-state index is 0.298. The Bertz CT molecular complexity index is 834. The van der Waals surface area contributed by atoms with E-state index in [4.69, 9.17) is 4.42 Å². The number of hydrogen-bond acceptors (Lipinski definition) is 3. The van der Waals surface area contributed by atoms with Crippen LogP contribution in [0.1, 0.15) is 11.4 Å². The van der Waals surface area contributed by atoms with Crippen LogP contribution in [0.5, 0.6) is 0 Å². The van der Waals surface area contributed by atoms with Crippen molar-refractivity contribution in [1.82, 2.24) is 4.73 Å². The van der Waals surface area contributed by atoms with E-state index in [-0.39, 0.29) is 0 Å². The third-order valence-electron chi connectivity index (χ3n) is 3.53. The van der Waals surface area contributed by atoms with Crippen molar-refractivity contribution in [2.75, 3.05) is 0 Å². The topological polar surface area (TPSA) is 61.3 Å². The van der Waals surface area contributed by atoms with Crippen LogP contribution < -0.4 is 4.43 Å². The van der Waals surface area contributed by atoms with Crippen LogP contribution in [-0.2, 0) is 0 Å². The third kappa shape index (κ3) is 2.03. The predicted octanol–water partition coefficient (Wildman–Crippen LogP) is 3.18. The zero-order valence-corrected chi connectivity index (χ0v) is 11.8. The number of hydrogen-bond donors (Lipinski definition) is 1. The van der Waals surface area contributed by atoms with Crippen molar-refractivity contribution >= 4 is 0 Å². The average Bonchev–Trinajstić information content (AvgIpc) is 3.00. The lowest BCUT2D eigenvalue weighted by Crippen LogP contribution is -2.28. The maximum Gasteiger partial charge on any atom is 0.328 e. The van der Waals surface area contributed by atoms with Crippen molar-refractivity contribution in [2.24, 2.45) is 0 Å². The van der Waals surface area contributed by atoms with Crippen LogP contribution in [0.3, 0.4) is 0 Å². The van der Waals surface area contributed by atoms with Gasteiger partial charge in [-0.1, -0.05) is 18.2 Å². The van der Waals surface area contributed by atoms with E-state index in [2.05, 4.69) is 0 Å². The Morgan fingerprint density at radius 3 is 2.29 bits per heavy atom. The van der Waals surface area contributed by atoms with E-state index in [0.717, 1.165) is 14.7 Å². The molecule has 0 saturated heterocycles. The fraction of sp³-hybridized carbons (Fsp3) is 0.125. The second-order valence-electron chi connectivity index (χ2n) is 4.82. The number of nitrogens with zero attached hydrogens (tertiary/aromatic N) is 2. The van der Waals surface area contributed by atoms with Gasteiger partial charge in [0, 0.05) is 4.91 Å². The molecule has 3 aromatic rings. The molecule has 21 heavy (non-hydrogen) atoms. The van der Waals surface area contributed by atoms with Crippen LogP contribution >= 0.6 is 0 Å². The highest BCUT2D eigenvalue weighted by atomic mass is 16.5. The van der Waals surface area contributed by atoms with Crippen LogP contribution in [0.15, 0.2) is 53.1 Å². The van der Waals surface area contributed by atoms with Gasteiger partial charge in [-0.15, -0.1) is 0 Å². The molecule has 1 aromatic carbocycles. The molecule has 5 nitrogen and oxygen atoms in total. The Hall–Kier alpha value is -2.82. The minimum absolute atomic E-state index is 0.298. The highest BCUT2D eigenvalue weighted by Crippen LogP contribution is 2.25. The van der Waals surface area contributed by atoms with E-state index >= 15 is 0 Å². The van der Waals surface area contributed by atoms with E-state index in [9.17, 15) is 10.1 Å².